The molecule has 0 heterocycles. The third kappa shape index (κ3) is 1.48. The van der Waals surface area contributed by atoms with Gasteiger partial charge in [0.05, 0.1) is 5.57 Å². The number of carbonyl (C=O) groups is 1. The smallest absolute Gasteiger partial charge is 0.336 e. The third-order valence-electron chi connectivity index (χ3n) is 1.14. The Morgan fingerprint density at radius 2 is 2.20 bits per heavy atom. The van der Waals surface area contributed by atoms with Crippen LogP contribution in [-0.4, -0.2) is 11.1 Å². The van der Waals surface area contributed by atoms with Gasteiger partial charge in [0.15, 0.2) is 0 Å². The highest BCUT2D eigenvalue weighted by Crippen LogP contribution is 2.15. The van der Waals surface area contributed by atoms with E-state index in [9.17, 15) is 4.79 Å². The number of halogens is 1. The number of allylic oxidation sites excluding steroid dienone is 3. The minimum absolute atomic E-state index is 0. The first-order valence-corrected chi connectivity index (χ1v) is 2.53. The second kappa shape index (κ2) is 3.22. The van der Waals surface area contributed by atoms with Crippen LogP contribution in [0.4, 0.5) is 0 Å². The molecule has 1 rings (SSSR count). The molecule has 0 saturated heterocycles. The maximum absolute atomic E-state index is 10.2. The monoisotopic (exact) mass is 158 g/mol. The zero-order valence-electron chi connectivity index (χ0n) is 5.20. The molecule has 0 amide bonds. The molecule has 2 nitrogen and oxygen atoms in total. The molecule has 54 valence electrons. The van der Waals surface area contributed by atoms with Crippen molar-refractivity contribution in [3.05, 3.63) is 36.0 Å². The zero-order valence-corrected chi connectivity index (χ0v) is 6.02. The summed E-state index contributed by atoms with van der Waals surface area (Å²) in [6, 6.07) is 0. The summed E-state index contributed by atoms with van der Waals surface area (Å²) in [5.74, 6) is -0.912. The van der Waals surface area contributed by atoms with Crippen molar-refractivity contribution in [1.29, 1.82) is 0 Å². The Morgan fingerprint density at radius 3 is 2.40 bits per heavy atom. The molecule has 0 aromatic rings. The van der Waals surface area contributed by atoms with Gasteiger partial charge >= 0.3 is 5.97 Å². The lowest BCUT2D eigenvalue weighted by molar-refractivity contribution is -0.132. The number of aliphatic carboxylic acids is 1. The zero-order chi connectivity index (χ0) is 6.85. The number of hydrogen-bond donors (Lipinski definition) is 1. The largest absolute Gasteiger partial charge is 0.478 e. The number of carboxylic acids is 1. The molecular weight excluding hydrogens is 152 g/mol. The minimum Gasteiger partial charge on any atom is -0.478 e. The predicted octanol–water partition coefficient (Wildman–Crippen LogP) is 1.55. The van der Waals surface area contributed by atoms with Crippen molar-refractivity contribution in [1.82, 2.24) is 0 Å². The number of carboxylic acid groups (broad SMARTS) is 1. The van der Waals surface area contributed by atoms with Crippen LogP contribution in [0, 0.1) is 0 Å². The molecule has 0 saturated carbocycles. The summed E-state index contributed by atoms with van der Waals surface area (Å²) in [7, 11) is 0. The lowest BCUT2D eigenvalue weighted by Gasteiger charge is -1.92. The first kappa shape index (κ1) is 8.98. The van der Waals surface area contributed by atoms with E-state index < -0.39 is 5.97 Å². The molecule has 0 spiro atoms. The van der Waals surface area contributed by atoms with Gasteiger partial charge in [-0.1, -0.05) is 18.7 Å². The molecule has 0 unspecified atom stereocenters. The molecule has 0 radical (unpaired) electrons. The summed E-state index contributed by atoms with van der Waals surface area (Å²) in [5, 5.41) is 8.41. The van der Waals surface area contributed by atoms with Gasteiger partial charge in [-0.3, -0.25) is 0 Å². The van der Waals surface area contributed by atoms with Crippen LogP contribution in [0.5, 0.6) is 0 Å². The first-order chi connectivity index (χ1) is 4.22. The van der Waals surface area contributed by atoms with Crippen LogP contribution in [0.2, 0.25) is 0 Å². The van der Waals surface area contributed by atoms with Gasteiger partial charge in [-0.25, -0.2) is 4.79 Å². The van der Waals surface area contributed by atoms with Crippen molar-refractivity contribution in [2.24, 2.45) is 0 Å². The second-order valence-electron chi connectivity index (χ2n) is 1.77. The SMILES string of the molecule is C=C1C=CC=C1C(=O)O.Cl. The van der Waals surface area contributed by atoms with Crippen molar-refractivity contribution in [2.75, 3.05) is 0 Å². The molecular formula is C7H7ClO2. The topological polar surface area (TPSA) is 37.3 Å². The van der Waals surface area contributed by atoms with Crippen LogP contribution < -0.4 is 0 Å². The average molecular weight is 159 g/mol. The van der Waals surface area contributed by atoms with Crippen LogP contribution >= 0.6 is 12.4 Å². The highest BCUT2D eigenvalue weighted by atomic mass is 35.5. The average Bonchev–Trinajstić information content (AvgIpc) is 2.13. The van der Waals surface area contributed by atoms with Gasteiger partial charge in [-0.2, -0.15) is 0 Å². The summed E-state index contributed by atoms with van der Waals surface area (Å²) in [5.41, 5.74) is 0.859. The summed E-state index contributed by atoms with van der Waals surface area (Å²) < 4.78 is 0. The Hall–Kier alpha value is -1.02. The Morgan fingerprint density at radius 1 is 1.60 bits per heavy atom. The molecule has 0 aromatic carbocycles. The molecule has 1 aliphatic rings. The van der Waals surface area contributed by atoms with E-state index in [0.29, 0.717) is 5.57 Å². The van der Waals surface area contributed by atoms with Gasteiger partial charge in [-0.05, 0) is 11.6 Å². The van der Waals surface area contributed by atoms with Gasteiger partial charge < -0.3 is 5.11 Å². The van der Waals surface area contributed by atoms with E-state index in [0.717, 1.165) is 0 Å². The minimum atomic E-state index is -0.912. The molecule has 1 N–H and O–H groups in total. The third-order valence-corrected chi connectivity index (χ3v) is 1.14. The van der Waals surface area contributed by atoms with Crippen molar-refractivity contribution < 1.29 is 9.90 Å². The molecule has 0 fully saturated rings. The Kier molecular flexibility index (Phi) is 2.90. The van der Waals surface area contributed by atoms with E-state index in [4.69, 9.17) is 5.11 Å². The standard InChI is InChI=1S/C7H6O2.ClH/c1-5-3-2-4-6(5)7(8)9;/h2-4H,1H2,(H,8,9);1H. The van der Waals surface area contributed by atoms with Crippen LogP contribution in [-0.2, 0) is 4.79 Å². The van der Waals surface area contributed by atoms with Crippen LogP contribution in [0.15, 0.2) is 36.0 Å². The maximum atomic E-state index is 10.2. The second-order valence-corrected chi connectivity index (χ2v) is 1.77. The predicted molar refractivity (Wildman–Crippen MR) is 41.2 cm³/mol. The van der Waals surface area contributed by atoms with E-state index in [1.165, 1.54) is 6.08 Å². The fraction of sp³-hybridized carbons (Fsp3) is 0. The maximum Gasteiger partial charge on any atom is 0.336 e. The van der Waals surface area contributed by atoms with E-state index in [2.05, 4.69) is 6.58 Å². The van der Waals surface area contributed by atoms with Crippen LogP contribution in [0.1, 0.15) is 0 Å². The van der Waals surface area contributed by atoms with Gasteiger partial charge in [0, 0.05) is 0 Å². The van der Waals surface area contributed by atoms with Gasteiger partial charge in [0.1, 0.15) is 0 Å². The highest BCUT2D eigenvalue weighted by Gasteiger charge is 2.10. The molecule has 0 aromatic heterocycles. The summed E-state index contributed by atoms with van der Waals surface area (Å²) >= 11 is 0. The summed E-state index contributed by atoms with van der Waals surface area (Å²) in [6.45, 7) is 3.52. The van der Waals surface area contributed by atoms with E-state index >= 15 is 0 Å². The van der Waals surface area contributed by atoms with Crippen molar-refractivity contribution in [3.63, 3.8) is 0 Å². The summed E-state index contributed by atoms with van der Waals surface area (Å²) in [6.07, 6.45) is 4.87. The Bertz CT molecular complexity index is 226. The fourth-order valence-corrected chi connectivity index (χ4v) is 0.666. The summed E-state index contributed by atoms with van der Waals surface area (Å²) in [4.78, 5) is 10.2. The van der Waals surface area contributed by atoms with Gasteiger partial charge in [-0.15, -0.1) is 12.4 Å². The van der Waals surface area contributed by atoms with Crippen molar-refractivity contribution >= 4 is 18.4 Å². The molecule has 3 heteroatoms. The van der Waals surface area contributed by atoms with Gasteiger partial charge in [0.25, 0.3) is 0 Å². The quantitative estimate of drug-likeness (QED) is 0.629. The Labute approximate surface area is 65.0 Å². The van der Waals surface area contributed by atoms with Crippen LogP contribution in [0.25, 0.3) is 0 Å². The van der Waals surface area contributed by atoms with E-state index in [1.54, 1.807) is 12.2 Å². The van der Waals surface area contributed by atoms with E-state index in [-0.39, 0.29) is 18.0 Å². The molecule has 0 bridgehead atoms. The van der Waals surface area contributed by atoms with E-state index in [1.807, 2.05) is 0 Å². The fourth-order valence-electron chi connectivity index (χ4n) is 0.666. The van der Waals surface area contributed by atoms with Gasteiger partial charge in [0.2, 0.25) is 0 Å². The Balaban J connectivity index is 0.000000810. The molecule has 1 aliphatic carbocycles. The first-order valence-electron chi connectivity index (χ1n) is 2.53. The molecule has 10 heavy (non-hydrogen) atoms. The van der Waals surface area contributed by atoms with Crippen LogP contribution in [0.3, 0.4) is 0 Å². The molecule has 0 atom stereocenters. The van der Waals surface area contributed by atoms with Crippen molar-refractivity contribution in [3.8, 4) is 0 Å². The lowest BCUT2D eigenvalue weighted by Crippen LogP contribution is -1.98. The molecule has 0 aliphatic heterocycles. The normalized spacial score (nSPS) is 14.4. The van der Waals surface area contributed by atoms with Crippen molar-refractivity contribution in [2.45, 2.75) is 0 Å². The highest BCUT2D eigenvalue weighted by molar-refractivity contribution is 5.94. The number of hydrogen-bond acceptors (Lipinski definition) is 1. The number of rotatable bonds is 1. The lowest BCUT2D eigenvalue weighted by atomic mass is 10.2.